The normalized spacial score (nSPS) is 11.5. The van der Waals surface area contributed by atoms with Crippen molar-refractivity contribution in [2.24, 2.45) is 0 Å². The van der Waals surface area contributed by atoms with E-state index >= 15 is 0 Å². The number of rotatable bonds is 12. The second-order valence-corrected chi connectivity index (χ2v) is 29.0. The van der Waals surface area contributed by atoms with Crippen LogP contribution in [0.2, 0.25) is 0 Å². The molecule has 564 valence electrons. The third-order valence-corrected chi connectivity index (χ3v) is 21.6. The van der Waals surface area contributed by atoms with Crippen LogP contribution in [0, 0.1) is 0 Å². The summed E-state index contributed by atoms with van der Waals surface area (Å²) >= 11 is 0. The Bertz CT molecular complexity index is 7020. The van der Waals surface area contributed by atoms with Gasteiger partial charge in [-0.2, -0.15) is 9.97 Å². The predicted molar refractivity (Wildman–Crippen MR) is 479 cm³/mol. The fourth-order valence-corrected chi connectivity index (χ4v) is 16.1. The van der Waals surface area contributed by atoms with Gasteiger partial charge in [-0.3, -0.25) is 13.7 Å². The summed E-state index contributed by atoms with van der Waals surface area (Å²) < 4.78 is 25.8. The first-order chi connectivity index (χ1) is 59.5. The van der Waals surface area contributed by atoms with Gasteiger partial charge in [-0.15, -0.1) is 0 Å². The van der Waals surface area contributed by atoms with Gasteiger partial charge in [0.1, 0.15) is 22.4 Å². The summed E-state index contributed by atoms with van der Waals surface area (Å²) in [5, 5.41) is 6.18. The molecule has 0 bridgehead atoms. The number of aromatic nitrogens is 13. The first kappa shape index (κ1) is 70.0. The van der Waals surface area contributed by atoms with E-state index in [0.717, 1.165) is 172 Å². The average Bonchev–Trinajstić information content (AvgIpc) is 1.58. The maximum absolute atomic E-state index is 6.45. The molecule has 9 aromatic heterocycles. The van der Waals surface area contributed by atoms with Crippen LogP contribution in [0.25, 0.3) is 219 Å². The molecule has 15 aromatic carbocycles. The van der Waals surface area contributed by atoms with Gasteiger partial charge in [-0.05, 0) is 97.1 Å². The van der Waals surface area contributed by atoms with Crippen molar-refractivity contribution in [1.29, 1.82) is 0 Å². The summed E-state index contributed by atoms with van der Waals surface area (Å²) in [7, 11) is 0. The third kappa shape index (κ3) is 12.7. The molecule has 0 aliphatic carbocycles. The lowest BCUT2D eigenvalue weighted by molar-refractivity contribution is 0.622. The molecule has 0 amide bonds. The van der Waals surface area contributed by atoms with E-state index in [-0.39, 0.29) is 0 Å². The molecule has 0 fully saturated rings. The first-order valence-electron chi connectivity index (χ1n) is 39.5. The lowest BCUT2D eigenvalue weighted by atomic mass is 10.1. The molecule has 0 N–H and O–H groups in total. The van der Waals surface area contributed by atoms with Crippen LogP contribution in [-0.2, 0) is 0 Å². The van der Waals surface area contributed by atoms with Gasteiger partial charge < -0.3 is 13.3 Å². The molecule has 16 heteroatoms. The Morgan fingerprint density at radius 1 is 0.183 bits per heavy atom. The number of oxazole rings is 3. The van der Waals surface area contributed by atoms with Gasteiger partial charge >= 0.3 is 0 Å². The lowest BCUT2D eigenvalue weighted by Gasteiger charge is -2.12. The lowest BCUT2D eigenvalue weighted by Crippen LogP contribution is -2.06. The molecular formula is C104H65N13O3. The van der Waals surface area contributed by atoms with Crippen LogP contribution < -0.4 is 0 Å². The SMILES string of the molecule is c1ccc(-c2cc(-c3ccccc3)nc(-n3c4ccccc4c4c5oc(-c6ccccc6)nc5ccc43)n2)cc1.c1ccc(-c2cc(-n3c4ccccc4c4c5oc(-c6ccccc6)nc5ccc43)nc(-c3ccccc3)n2)cc1.c1ccc(-c2nc(-c3ccccc3)nc(-n3c4ccccc4c4c5oc(-c6ccccc6)nc5ccc43)n2)cc1. The summed E-state index contributed by atoms with van der Waals surface area (Å²) in [4.78, 5) is 49.6. The zero-order chi connectivity index (χ0) is 79.4. The Labute approximate surface area is 685 Å². The molecule has 0 unspecified atom stereocenters. The van der Waals surface area contributed by atoms with Crippen molar-refractivity contribution in [3.05, 3.63) is 394 Å². The third-order valence-electron chi connectivity index (χ3n) is 21.6. The van der Waals surface area contributed by atoms with E-state index in [0.29, 0.717) is 47.0 Å². The van der Waals surface area contributed by atoms with Gasteiger partial charge in [0, 0.05) is 72.3 Å². The van der Waals surface area contributed by atoms with Gasteiger partial charge in [0.2, 0.25) is 29.6 Å². The second kappa shape index (κ2) is 29.9. The van der Waals surface area contributed by atoms with Crippen molar-refractivity contribution < 1.29 is 13.3 Å². The number of nitrogens with zero attached hydrogens (tertiary/aromatic N) is 13. The molecule has 0 atom stereocenters. The second-order valence-electron chi connectivity index (χ2n) is 29.0. The Morgan fingerprint density at radius 2 is 0.450 bits per heavy atom. The quantitative estimate of drug-likeness (QED) is 0.113. The predicted octanol–water partition coefficient (Wildman–Crippen LogP) is 25.5. The van der Waals surface area contributed by atoms with Crippen LogP contribution in [0.1, 0.15) is 0 Å². The molecule has 16 nitrogen and oxygen atoms in total. The van der Waals surface area contributed by atoms with E-state index in [1.165, 1.54) is 0 Å². The molecule has 0 aliphatic heterocycles. The minimum Gasteiger partial charge on any atom is -0.435 e. The van der Waals surface area contributed by atoms with Crippen molar-refractivity contribution in [2.75, 3.05) is 0 Å². The summed E-state index contributed by atoms with van der Waals surface area (Å²) in [5.41, 5.74) is 22.0. The number of hydrogen-bond donors (Lipinski definition) is 0. The molecule has 0 saturated heterocycles. The van der Waals surface area contributed by atoms with Gasteiger partial charge in [0.05, 0.1) is 66.3 Å². The van der Waals surface area contributed by atoms with Gasteiger partial charge in [-0.25, -0.2) is 39.9 Å². The van der Waals surface area contributed by atoms with E-state index in [9.17, 15) is 0 Å². The maximum atomic E-state index is 6.45. The minimum absolute atomic E-state index is 0.543. The minimum atomic E-state index is 0.543. The smallest absolute Gasteiger partial charge is 0.238 e. The molecule has 0 radical (unpaired) electrons. The van der Waals surface area contributed by atoms with Crippen molar-refractivity contribution in [2.45, 2.75) is 0 Å². The zero-order valence-corrected chi connectivity index (χ0v) is 64.1. The molecule has 24 rings (SSSR count). The molecule has 0 aliphatic rings. The van der Waals surface area contributed by atoms with Crippen LogP contribution in [0.15, 0.2) is 408 Å². The summed E-state index contributed by atoms with van der Waals surface area (Å²) in [6, 6.07) is 132. The Morgan fingerprint density at radius 3 is 0.792 bits per heavy atom. The van der Waals surface area contributed by atoms with Crippen LogP contribution in [0.5, 0.6) is 0 Å². The van der Waals surface area contributed by atoms with Crippen LogP contribution in [-0.4, -0.2) is 63.5 Å². The number of para-hydroxylation sites is 3. The van der Waals surface area contributed by atoms with Crippen molar-refractivity contribution in [1.82, 2.24) is 63.5 Å². The molecule has 24 aromatic rings. The highest BCUT2D eigenvalue weighted by Gasteiger charge is 2.26. The topological polar surface area (TPSA) is 183 Å². The number of fused-ring (bicyclic) bond motifs is 15. The molecule has 0 spiro atoms. The molecule has 0 saturated carbocycles. The standard InChI is InChI=1S/2C35H22N4O.C34H21N5O/c1-4-12-23(13-5-1)28-22-29(24-14-6-2-7-15-24)38-35(37-28)39-30-19-11-10-18-26(30)32-31(39)21-20-27-33(32)40-34(36-27)25-16-8-3-9-17-25;1-4-12-23(13-5-1)28-22-31(38-34(36-28)24-14-6-2-7-15-24)39-29-19-11-10-18-26(29)32-30(39)21-20-27-33(32)40-35(37-27)25-16-8-3-9-17-25;1-4-12-22(13-5-1)31-36-32(23-14-6-2-7-15-23)38-34(37-31)39-27-19-11-10-18-25(27)29-28(39)21-20-26-30(29)40-33(35-26)24-16-8-3-9-17-24/h2*1-22H;1-21H. The van der Waals surface area contributed by atoms with Gasteiger partial charge in [-0.1, -0.05) is 291 Å². The average molecular weight is 1540 g/mol. The summed E-state index contributed by atoms with van der Waals surface area (Å²) in [6.45, 7) is 0. The Hall–Kier alpha value is -16.7. The number of benzene rings is 15. The van der Waals surface area contributed by atoms with Crippen LogP contribution >= 0.6 is 0 Å². The van der Waals surface area contributed by atoms with E-state index in [1.807, 2.05) is 273 Å². The van der Waals surface area contributed by atoms with E-state index in [4.69, 9.17) is 63.1 Å². The largest absolute Gasteiger partial charge is 0.435 e. The van der Waals surface area contributed by atoms with E-state index < -0.39 is 0 Å². The summed E-state index contributed by atoms with van der Waals surface area (Å²) in [6.07, 6.45) is 0. The van der Waals surface area contributed by atoms with Crippen molar-refractivity contribution in [3.8, 4) is 120 Å². The van der Waals surface area contributed by atoms with Crippen molar-refractivity contribution in [3.63, 3.8) is 0 Å². The zero-order valence-electron chi connectivity index (χ0n) is 64.1. The van der Waals surface area contributed by atoms with Crippen LogP contribution in [0.3, 0.4) is 0 Å². The highest BCUT2D eigenvalue weighted by Crippen LogP contribution is 2.44. The fraction of sp³-hybridized carbons (Fsp3) is 0. The monoisotopic (exact) mass is 1540 g/mol. The molecule has 120 heavy (non-hydrogen) atoms. The number of hydrogen-bond acceptors (Lipinski definition) is 13. The first-order valence-corrected chi connectivity index (χ1v) is 39.5. The van der Waals surface area contributed by atoms with Gasteiger partial charge in [0.25, 0.3) is 0 Å². The fourth-order valence-electron chi connectivity index (χ4n) is 16.1. The van der Waals surface area contributed by atoms with Crippen molar-refractivity contribution >= 4 is 98.7 Å². The van der Waals surface area contributed by atoms with Crippen LogP contribution in [0.4, 0.5) is 0 Å². The molecular weight excluding hydrogens is 1480 g/mol. The van der Waals surface area contributed by atoms with E-state index in [2.05, 4.69) is 135 Å². The highest BCUT2D eigenvalue weighted by atomic mass is 16.4. The Kier molecular flexibility index (Phi) is 17.4. The van der Waals surface area contributed by atoms with E-state index in [1.54, 1.807) is 0 Å². The van der Waals surface area contributed by atoms with Gasteiger partial charge in [0.15, 0.2) is 34.2 Å². The maximum Gasteiger partial charge on any atom is 0.238 e. The highest BCUT2D eigenvalue weighted by molar-refractivity contribution is 6.21. The molecule has 9 heterocycles. The summed E-state index contributed by atoms with van der Waals surface area (Å²) in [5.74, 6) is 5.65. The Balaban J connectivity index is 0.000000108.